The first-order chi connectivity index (χ1) is 14.6. The van der Waals surface area contributed by atoms with Crippen LogP contribution in [0.3, 0.4) is 0 Å². The third-order valence-electron chi connectivity index (χ3n) is 5.26. The fourth-order valence-corrected chi connectivity index (χ4v) is 3.88. The van der Waals surface area contributed by atoms with Crippen molar-refractivity contribution in [3.63, 3.8) is 0 Å². The number of aromatic nitrogens is 1. The molecule has 10 heteroatoms. The number of halogens is 3. The molecule has 0 spiro atoms. The molecule has 0 bridgehead atoms. The number of aliphatic hydroxyl groups is 1. The van der Waals surface area contributed by atoms with E-state index in [1.807, 2.05) is 0 Å². The van der Waals surface area contributed by atoms with E-state index in [4.69, 9.17) is 4.74 Å². The molecule has 0 radical (unpaired) electrons. The number of rotatable bonds is 5. The van der Waals surface area contributed by atoms with Crippen molar-refractivity contribution in [2.45, 2.75) is 38.7 Å². The van der Waals surface area contributed by atoms with Gasteiger partial charge < -0.3 is 14.7 Å². The topological polar surface area (TPSA) is 83.0 Å². The molecule has 4 rings (SSSR count). The number of hydrogen-bond donors (Lipinski definition) is 1. The maximum absolute atomic E-state index is 12.9. The predicted octanol–water partition coefficient (Wildman–Crippen LogP) is 2.58. The molecule has 2 aliphatic heterocycles. The highest BCUT2D eigenvalue weighted by Crippen LogP contribution is 2.33. The van der Waals surface area contributed by atoms with Crippen molar-refractivity contribution in [3.05, 3.63) is 52.7 Å². The van der Waals surface area contributed by atoms with Crippen molar-refractivity contribution in [3.8, 4) is 5.75 Å². The zero-order chi connectivity index (χ0) is 22.3. The Balaban J connectivity index is 1.50. The average Bonchev–Trinajstić information content (AvgIpc) is 3.19. The quantitative estimate of drug-likeness (QED) is 0.781. The van der Waals surface area contributed by atoms with Crippen molar-refractivity contribution in [2.24, 2.45) is 0 Å². The zero-order valence-corrected chi connectivity index (χ0v) is 16.6. The number of carbonyl (C=O) groups excluding carboxylic acids is 2. The van der Waals surface area contributed by atoms with E-state index in [0.29, 0.717) is 22.5 Å². The van der Waals surface area contributed by atoms with Gasteiger partial charge in [0.05, 0.1) is 25.6 Å². The van der Waals surface area contributed by atoms with E-state index in [2.05, 4.69) is 4.98 Å². The molecule has 2 amide bonds. The second-order valence-corrected chi connectivity index (χ2v) is 7.69. The van der Waals surface area contributed by atoms with E-state index in [-0.39, 0.29) is 43.6 Å². The molecule has 0 aliphatic carbocycles. The van der Waals surface area contributed by atoms with Crippen molar-refractivity contribution in [2.75, 3.05) is 18.1 Å². The second-order valence-electron chi connectivity index (χ2n) is 7.69. The van der Waals surface area contributed by atoms with Crippen LogP contribution in [-0.4, -0.2) is 52.2 Å². The summed E-state index contributed by atoms with van der Waals surface area (Å²) in [6.07, 6.45) is -3.70. The predicted molar refractivity (Wildman–Crippen MR) is 104 cm³/mol. The summed E-state index contributed by atoms with van der Waals surface area (Å²) in [5.74, 6) is 0.0435. The first-order valence-electron chi connectivity index (χ1n) is 9.67. The molecular formula is C21H20F3N3O4. The van der Waals surface area contributed by atoms with Crippen LogP contribution in [0.25, 0.3) is 0 Å². The van der Waals surface area contributed by atoms with E-state index in [1.165, 1.54) is 17.2 Å². The van der Waals surface area contributed by atoms with Crippen LogP contribution in [0.15, 0.2) is 30.5 Å². The maximum Gasteiger partial charge on any atom is 0.422 e. The number of anilines is 1. The molecule has 1 fully saturated rings. The van der Waals surface area contributed by atoms with Gasteiger partial charge in [0.2, 0.25) is 5.91 Å². The molecule has 0 saturated carbocycles. The molecule has 1 saturated heterocycles. The van der Waals surface area contributed by atoms with Gasteiger partial charge in [-0.25, -0.2) is 4.98 Å². The number of aryl methyl sites for hydroxylation is 1. The minimum absolute atomic E-state index is 0.0189. The SMILES string of the molecule is Cc1cc(CN2Cc3c(ccnc3N3CC(O)CC3=O)C2=O)ccc1OCC(F)(F)F. The summed E-state index contributed by atoms with van der Waals surface area (Å²) >= 11 is 0. The van der Waals surface area contributed by atoms with Crippen LogP contribution in [0, 0.1) is 6.92 Å². The molecule has 164 valence electrons. The van der Waals surface area contributed by atoms with Gasteiger partial charge in [0, 0.05) is 23.9 Å². The minimum Gasteiger partial charge on any atom is -0.484 e. The molecule has 7 nitrogen and oxygen atoms in total. The average molecular weight is 435 g/mol. The van der Waals surface area contributed by atoms with Gasteiger partial charge in [-0.2, -0.15) is 13.2 Å². The van der Waals surface area contributed by atoms with Gasteiger partial charge >= 0.3 is 6.18 Å². The van der Waals surface area contributed by atoms with Crippen LogP contribution in [0.4, 0.5) is 19.0 Å². The number of aliphatic hydroxyl groups excluding tert-OH is 1. The van der Waals surface area contributed by atoms with Crippen LogP contribution in [0.1, 0.15) is 33.5 Å². The van der Waals surface area contributed by atoms with Gasteiger partial charge in [-0.1, -0.05) is 12.1 Å². The number of fused-ring (bicyclic) bond motifs is 1. The molecule has 1 aromatic carbocycles. The monoisotopic (exact) mass is 435 g/mol. The third-order valence-corrected chi connectivity index (χ3v) is 5.26. The minimum atomic E-state index is -4.42. The van der Waals surface area contributed by atoms with E-state index < -0.39 is 18.9 Å². The highest BCUT2D eigenvalue weighted by molar-refractivity contribution is 6.02. The molecule has 1 atom stereocenters. The summed E-state index contributed by atoms with van der Waals surface area (Å²) in [5, 5.41) is 9.77. The number of ether oxygens (including phenoxy) is 1. The molecule has 1 unspecified atom stereocenters. The van der Waals surface area contributed by atoms with E-state index in [9.17, 15) is 27.9 Å². The van der Waals surface area contributed by atoms with Gasteiger partial charge in [0.1, 0.15) is 11.6 Å². The number of nitrogens with zero attached hydrogens (tertiary/aromatic N) is 3. The second kappa shape index (κ2) is 7.84. The fraction of sp³-hybridized carbons (Fsp3) is 0.381. The Morgan fingerprint density at radius 3 is 2.68 bits per heavy atom. The van der Waals surface area contributed by atoms with E-state index in [1.54, 1.807) is 30.0 Å². The summed E-state index contributed by atoms with van der Waals surface area (Å²) in [6.45, 7) is 0.885. The normalized spacial score (nSPS) is 18.7. The lowest BCUT2D eigenvalue weighted by molar-refractivity contribution is -0.153. The summed E-state index contributed by atoms with van der Waals surface area (Å²) in [5.41, 5.74) is 2.34. The summed E-state index contributed by atoms with van der Waals surface area (Å²) in [4.78, 5) is 32.3. The van der Waals surface area contributed by atoms with E-state index in [0.717, 1.165) is 5.56 Å². The Bertz CT molecular complexity index is 1040. The summed E-state index contributed by atoms with van der Waals surface area (Å²) in [6, 6.07) is 6.36. The third kappa shape index (κ3) is 4.34. The molecular weight excluding hydrogens is 415 g/mol. The van der Waals surface area contributed by atoms with Crippen LogP contribution in [-0.2, 0) is 17.9 Å². The number of alkyl halides is 3. The van der Waals surface area contributed by atoms with Crippen molar-refractivity contribution >= 4 is 17.6 Å². The van der Waals surface area contributed by atoms with Gasteiger partial charge in [-0.05, 0) is 30.2 Å². The molecule has 1 N–H and O–H groups in total. The van der Waals surface area contributed by atoms with E-state index >= 15 is 0 Å². The number of hydrogen-bond acceptors (Lipinski definition) is 5. The zero-order valence-electron chi connectivity index (χ0n) is 16.6. The van der Waals surface area contributed by atoms with Crippen LogP contribution < -0.4 is 9.64 Å². The summed E-state index contributed by atoms with van der Waals surface area (Å²) < 4.78 is 41.9. The Kier molecular flexibility index (Phi) is 5.34. The highest BCUT2D eigenvalue weighted by atomic mass is 19.4. The summed E-state index contributed by atoms with van der Waals surface area (Å²) in [7, 11) is 0. The van der Waals surface area contributed by atoms with Gasteiger partial charge in [0.15, 0.2) is 6.61 Å². The standard InChI is InChI=1S/C21H20F3N3O4/c1-12-6-13(2-3-17(12)31-11-21(22,23)24)8-26-10-16-15(20(26)30)4-5-25-19(16)27-9-14(28)7-18(27)29/h2-6,14,28H,7-11H2,1H3. The highest BCUT2D eigenvalue weighted by Gasteiger charge is 2.36. The van der Waals surface area contributed by atoms with Crippen molar-refractivity contribution in [1.82, 2.24) is 9.88 Å². The molecule has 2 aliphatic rings. The molecule has 1 aromatic heterocycles. The number of amides is 2. The first kappa shape index (κ1) is 21.1. The van der Waals surface area contributed by atoms with Gasteiger partial charge in [0.25, 0.3) is 5.91 Å². The number of benzene rings is 1. The number of β-amino-alcohol motifs (C(OH)–C–C–N with tert-alkyl or cyclic N) is 1. The fourth-order valence-electron chi connectivity index (χ4n) is 3.88. The molecule has 31 heavy (non-hydrogen) atoms. The Morgan fingerprint density at radius 2 is 2.03 bits per heavy atom. The van der Waals surface area contributed by atoms with Crippen LogP contribution in [0.5, 0.6) is 5.75 Å². The smallest absolute Gasteiger partial charge is 0.422 e. The first-order valence-corrected chi connectivity index (χ1v) is 9.67. The largest absolute Gasteiger partial charge is 0.484 e. The number of pyridine rings is 1. The lowest BCUT2D eigenvalue weighted by atomic mass is 10.1. The Labute approximate surface area is 176 Å². The Hall–Kier alpha value is -3.14. The lowest BCUT2D eigenvalue weighted by Crippen LogP contribution is -2.27. The molecule has 2 aromatic rings. The Morgan fingerprint density at radius 1 is 1.26 bits per heavy atom. The van der Waals surface area contributed by atoms with Gasteiger partial charge in [-0.15, -0.1) is 0 Å². The van der Waals surface area contributed by atoms with Crippen LogP contribution >= 0.6 is 0 Å². The van der Waals surface area contributed by atoms with Crippen molar-refractivity contribution < 1.29 is 32.6 Å². The van der Waals surface area contributed by atoms with Crippen LogP contribution in [0.2, 0.25) is 0 Å². The lowest BCUT2D eigenvalue weighted by Gasteiger charge is -2.19. The van der Waals surface area contributed by atoms with Gasteiger partial charge in [-0.3, -0.25) is 14.5 Å². The number of carbonyl (C=O) groups is 2. The molecule has 3 heterocycles. The maximum atomic E-state index is 12.9. The van der Waals surface area contributed by atoms with Crippen molar-refractivity contribution in [1.29, 1.82) is 0 Å².